The van der Waals surface area contributed by atoms with Gasteiger partial charge in [-0.05, 0) is 24.5 Å². The van der Waals surface area contributed by atoms with Gasteiger partial charge >= 0.3 is 5.97 Å². The highest BCUT2D eigenvalue weighted by atomic mass is 16.6. The number of hydrogen-bond donors (Lipinski definition) is 0. The summed E-state index contributed by atoms with van der Waals surface area (Å²) in [5.41, 5.74) is 2.56. The Kier molecular flexibility index (Phi) is 1.21. The van der Waals surface area contributed by atoms with Crippen molar-refractivity contribution in [3.8, 4) is 0 Å². The van der Waals surface area contributed by atoms with E-state index in [1.165, 1.54) is 11.3 Å². The SMILES string of the molecule is O=C1O[C@@H]2[C@H]3Cc4ccccc4N2[C@H]1C3. The van der Waals surface area contributed by atoms with Crippen LogP contribution in [0.5, 0.6) is 0 Å². The Hall–Kier alpha value is -1.51. The van der Waals surface area contributed by atoms with Crippen LogP contribution >= 0.6 is 0 Å². The van der Waals surface area contributed by atoms with E-state index < -0.39 is 0 Å². The van der Waals surface area contributed by atoms with Crippen LogP contribution in [0, 0.1) is 5.92 Å². The Balaban J connectivity index is 1.92. The maximum atomic E-state index is 11.5. The molecule has 76 valence electrons. The molecular weight excluding hydrogens is 190 g/mol. The summed E-state index contributed by atoms with van der Waals surface area (Å²) in [5.74, 6) is 0.482. The van der Waals surface area contributed by atoms with Crippen LogP contribution in [0.1, 0.15) is 12.0 Å². The van der Waals surface area contributed by atoms with Gasteiger partial charge in [-0.25, -0.2) is 4.79 Å². The second-order valence-corrected chi connectivity index (χ2v) is 4.58. The molecule has 3 atom stereocenters. The quantitative estimate of drug-likeness (QED) is 0.593. The van der Waals surface area contributed by atoms with Crippen molar-refractivity contribution < 1.29 is 9.53 Å². The molecule has 0 spiro atoms. The van der Waals surface area contributed by atoms with Crippen LogP contribution in [0.3, 0.4) is 0 Å². The molecule has 4 bridgehead atoms. The molecule has 0 aromatic heterocycles. The van der Waals surface area contributed by atoms with Crippen molar-refractivity contribution in [3.63, 3.8) is 0 Å². The van der Waals surface area contributed by atoms with Crippen molar-refractivity contribution >= 4 is 11.7 Å². The van der Waals surface area contributed by atoms with Crippen molar-refractivity contribution in [1.29, 1.82) is 0 Å². The van der Waals surface area contributed by atoms with Gasteiger partial charge in [0.25, 0.3) is 0 Å². The topological polar surface area (TPSA) is 29.5 Å². The van der Waals surface area contributed by atoms with Gasteiger partial charge in [-0.2, -0.15) is 0 Å². The number of anilines is 1. The first-order valence-corrected chi connectivity index (χ1v) is 5.41. The van der Waals surface area contributed by atoms with Gasteiger partial charge in [-0.15, -0.1) is 0 Å². The summed E-state index contributed by atoms with van der Waals surface area (Å²) in [6.07, 6.45) is 2.05. The fraction of sp³-hybridized carbons (Fsp3) is 0.417. The standard InChI is InChI=1S/C12H11NO2/c14-12-10-6-8-5-7-3-1-2-4-9(7)13(10)11(8)15-12/h1-4,8,10-11H,5-6H2/t8-,10-,11+/m0/s1. The zero-order valence-electron chi connectivity index (χ0n) is 8.22. The fourth-order valence-corrected chi connectivity index (χ4v) is 3.19. The molecule has 3 aliphatic rings. The minimum atomic E-state index is -0.0343. The first kappa shape index (κ1) is 7.74. The smallest absolute Gasteiger partial charge is 0.330 e. The molecule has 3 nitrogen and oxygen atoms in total. The normalized spacial score (nSPS) is 35.3. The lowest BCUT2D eigenvalue weighted by atomic mass is 9.92. The van der Waals surface area contributed by atoms with E-state index in [4.69, 9.17) is 4.74 Å². The van der Waals surface area contributed by atoms with E-state index in [1.807, 2.05) is 6.07 Å². The largest absolute Gasteiger partial charge is 0.440 e. The van der Waals surface area contributed by atoms with Crippen molar-refractivity contribution in [2.45, 2.75) is 25.1 Å². The number of nitrogens with zero attached hydrogens (tertiary/aromatic N) is 1. The second kappa shape index (κ2) is 2.35. The summed E-state index contributed by atoms with van der Waals surface area (Å²) in [4.78, 5) is 13.7. The third-order valence-corrected chi connectivity index (χ3v) is 3.80. The number of benzene rings is 1. The Morgan fingerprint density at radius 2 is 2.20 bits per heavy atom. The molecule has 1 aromatic rings. The molecule has 0 saturated carbocycles. The van der Waals surface area contributed by atoms with Gasteiger partial charge in [-0.3, -0.25) is 0 Å². The van der Waals surface area contributed by atoms with E-state index in [9.17, 15) is 4.79 Å². The molecule has 0 amide bonds. The van der Waals surface area contributed by atoms with Crippen LogP contribution in [0.25, 0.3) is 0 Å². The number of esters is 1. The molecule has 15 heavy (non-hydrogen) atoms. The van der Waals surface area contributed by atoms with E-state index in [2.05, 4.69) is 23.1 Å². The minimum Gasteiger partial charge on any atom is -0.440 e. The third kappa shape index (κ3) is 0.798. The lowest BCUT2D eigenvalue weighted by Crippen LogP contribution is -2.35. The van der Waals surface area contributed by atoms with Crippen molar-refractivity contribution in [1.82, 2.24) is 0 Å². The summed E-state index contributed by atoms with van der Waals surface area (Å²) in [7, 11) is 0. The van der Waals surface area contributed by atoms with Gasteiger partial charge < -0.3 is 9.64 Å². The van der Waals surface area contributed by atoms with Gasteiger partial charge in [0.1, 0.15) is 6.04 Å². The predicted molar refractivity (Wildman–Crippen MR) is 54.4 cm³/mol. The second-order valence-electron chi connectivity index (χ2n) is 4.58. The van der Waals surface area contributed by atoms with Crippen molar-refractivity contribution in [2.75, 3.05) is 4.90 Å². The van der Waals surface area contributed by atoms with Crippen LogP contribution in [-0.4, -0.2) is 18.2 Å². The first-order valence-electron chi connectivity index (χ1n) is 5.41. The average Bonchev–Trinajstić information content (AvgIpc) is 2.69. The molecule has 0 aliphatic carbocycles. The molecule has 2 fully saturated rings. The zero-order chi connectivity index (χ0) is 9.99. The summed E-state index contributed by atoms with van der Waals surface area (Å²) >= 11 is 0. The minimum absolute atomic E-state index is 0.0105. The monoisotopic (exact) mass is 201 g/mol. The maximum Gasteiger partial charge on any atom is 0.330 e. The predicted octanol–water partition coefficient (Wildman–Crippen LogP) is 1.32. The summed E-state index contributed by atoms with van der Waals surface area (Å²) in [5, 5.41) is 0. The van der Waals surface area contributed by atoms with E-state index in [-0.39, 0.29) is 18.2 Å². The van der Waals surface area contributed by atoms with E-state index >= 15 is 0 Å². The molecule has 2 saturated heterocycles. The van der Waals surface area contributed by atoms with Crippen LogP contribution in [-0.2, 0) is 16.0 Å². The molecule has 0 N–H and O–H groups in total. The Morgan fingerprint density at radius 1 is 1.33 bits per heavy atom. The van der Waals surface area contributed by atoms with Crippen molar-refractivity contribution in [3.05, 3.63) is 29.8 Å². The Bertz CT molecular complexity index is 457. The van der Waals surface area contributed by atoms with Gasteiger partial charge in [0.2, 0.25) is 0 Å². The van der Waals surface area contributed by atoms with Gasteiger partial charge in [-0.1, -0.05) is 18.2 Å². The molecule has 0 radical (unpaired) electrons. The first-order chi connectivity index (χ1) is 7.34. The van der Waals surface area contributed by atoms with Crippen LogP contribution in [0.15, 0.2) is 24.3 Å². The van der Waals surface area contributed by atoms with E-state index in [0.717, 1.165) is 12.8 Å². The van der Waals surface area contributed by atoms with Crippen LogP contribution in [0.4, 0.5) is 5.69 Å². The van der Waals surface area contributed by atoms with Gasteiger partial charge in [0.05, 0.1) is 0 Å². The maximum absolute atomic E-state index is 11.5. The summed E-state index contributed by atoms with van der Waals surface area (Å²) in [6, 6.07) is 8.34. The lowest BCUT2D eigenvalue weighted by Gasteiger charge is -2.30. The molecule has 3 heterocycles. The Morgan fingerprint density at radius 3 is 3.13 bits per heavy atom. The average molecular weight is 201 g/mol. The molecule has 0 unspecified atom stereocenters. The van der Waals surface area contributed by atoms with Gasteiger partial charge in [0, 0.05) is 11.6 Å². The summed E-state index contributed by atoms with van der Waals surface area (Å²) < 4.78 is 5.37. The highest BCUT2D eigenvalue weighted by Crippen LogP contribution is 2.48. The number of carbonyl (C=O) groups excluding carboxylic acids is 1. The molecule has 4 rings (SSSR count). The number of fused-ring (bicyclic) bond motifs is 1. The van der Waals surface area contributed by atoms with Crippen LogP contribution < -0.4 is 4.90 Å². The highest BCUT2D eigenvalue weighted by Gasteiger charge is 2.56. The number of carbonyl (C=O) groups is 1. The number of rotatable bonds is 0. The molecular formula is C12H11NO2. The van der Waals surface area contributed by atoms with Crippen LogP contribution in [0.2, 0.25) is 0 Å². The zero-order valence-corrected chi connectivity index (χ0v) is 8.22. The molecule has 1 aromatic carbocycles. The number of para-hydroxylation sites is 1. The Labute approximate surface area is 87.6 Å². The molecule has 3 heteroatoms. The lowest BCUT2D eigenvalue weighted by molar-refractivity contribution is -0.148. The fourth-order valence-electron chi connectivity index (χ4n) is 3.19. The van der Waals surface area contributed by atoms with Crippen molar-refractivity contribution in [2.24, 2.45) is 5.92 Å². The van der Waals surface area contributed by atoms with E-state index in [0.29, 0.717) is 5.92 Å². The summed E-state index contributed by atoms with van der Waals surface area (Å²) in [6.45, 7) is 0. The highest BCUT2D eigenvalue weighted by molar-refractivity contribution is 5.86. The molecule has 3 aliphatic heterocycles. The third-order valence-electron chi connectivity index (χ3n) is 3.80. The number of ether oxygens (including phenoxy) is 1. The number of hydrogen-bond acceptors (Lipinski definition) is 3. The van der Waals surface area contributed by atoms with Gasteiger partial charge in [0.15, 0.2) is 6.23 Å². The van der Waals surface area contributed by atoms with E-state index in [1.54, 1.807) is 0 Å².